The van der Waals surface area contributed by atoms with Gasteiger partial charge in [0, 0.05) is 54.8 Å². The number of nitrogens with zero attached hydrogens (tertiary/aromatic N) is 2. The van der Waals surface area contributed by atoms with E-state index in [1.807, 2.05) is 65.8 Å². The Morgan fingerprint density at radius 1 is 0.409 bits per heavy atom. The number of unbranched alkanes of at least 4 members (excludes halogenated alkanes) is 4. The summed E-state index contributed by atoms with van der Waals surface area (Å²) in [5.41, 5.74) is 49.2. The molecule has 0 aliphatic heterocycles. The third-order valence-corrected chi connectivity index (χ3v) is 20.2. The molecule has 2 aromatic carbocycles. The second kappa shape index (κ2) is 52.4. The number of carbonyl (C=O) groups is 12. The second-order valence-electron chi connectivity index (χ2n) is 30.7. The Morgan fingerprint density at radius 3 is 1.23 bits per heavy atom. The van der Waals surface area contributed by atoms with E-state index >= 15 is 24.0 Å². The Kier molecular flexibility index (Phi) is 44.3. The van der Waals surface area contributed by atoms with E-state index in [0.717, 1.165) is 10.9 Å². The van der Waals surface area contributed by atoms with Crippen molar-refractivity contribution in [3.05, 3.63) is 90.1 Å². The maximum absolute atomic E-state index is 15.1. The van der Waals surface area contributed by atoms with Gasteiger partial charge in [0.25, 0.3) is 0 Å². The van der Waals surface area contributed by atoms with Gasteiger partial charge in [0.1, 0.15) is 66.5 Å². The zero-order valence-corrected chi connectivity index (χ0v) is 68.5. The monoisotopic (exact) mass is 1610 g/mol. The molecule has 35 heteroatoms. The van der Waals surface area contributed by atoms with E-state index in [9.17, 15) is 33.6 Å². The number of H-pyrrole nitrogens is 2. The van der Waals surface area contributed by atoms with Crippen LogP contribution in [0, 0.1) is 23.7 Å². The lowest BCUT2D eigenvalue weighted by Crippen LogP contribution is -2.61. The highest BCUT2D eigenvalue weighted by molar-refractivity contribution is 6.00. The number of aromatic amines is 2. The molecule has 2 heterocycles. The molecule has 0 bridgehead atoms. The van der Waals surface area contributed by atoms with Crippen LogP contribution in [0.4, 0.5) is 0 Å². The van der Waals surface area contributed by atoms with Gasteiger partial charge in [0.05, 0.1) is 12.4 Å². The highest BCUT2D eigenvalue weighted by Crippen LogP contribution is 2.22. The van der Waals surface area contributed by atoms with Crippen LogP contribution in [-0.2, 0) is 76.8 Å². The van der Waals surface area contributed by atoms with E-state index < -0.39 is 149 Å². The number of hydrogen-bond acceptors (Lipinski definition) is 19. The third-order valence-electron chi connectivity index (χ3n) is 20.2. The number of carbonyl (C=O) groups excluding carboxylic acids is 12. The van der Waals surface area contributed by atoms with Crippen molar-refractivity contribution >= 4 is 87.7 Å². The lowest BCUT2D eigenvalue weighted by Gasteiger charge is -2.30. The number of aromatic nitrogens is 3. The topological polar surface area (TPSA) is 602 Å². The summed E-state index contributed by atoms with van der Waals surface area (Å²) in [7, 11) is 0. The highest BCUT2D eigenvalue weighted by Gasteiger charge is 2.39. The third kappa shape index (κ3) is 34.9. The van der Waals surface area contributed by atoms with Gasteiger partial charge in [-0.3, -0.25) is 62.5 Å². The lowest BCUT2D eigenvalue weighted by atomic mass is 9.94. The Balaban J connectivity index is 1.72. The molecule has 35 nitrogen and oxygen atoms in total. The van der Waals surface area contributed by atoms with Crippen LogP contribution in [0.1, 0.15) is 188 Å². The van der Waals surface area contributed by atoms with E-state index in [0.29, 0.717) is 94.0 Å². The summed E-state index contributed by atoms with van der Waals surface area (Å²) in [4.78, 5) is 189. The molecular weight excluding hydrogens is 1480 g/mol. The van der Waals surface area contributed by atoms with Crippen molar-refractivity contribution in [2.75, 3.05) is 32.7 Å². The second-order valence-corrected chi connectivity index (χ2v) is 30.7. The fourth-order valence-corrected chi connectivity index (χ4v) is 13.1. The fourth-order valence-electron chi connectivity index (χ4n) is 13.1. The summed E-state index contributed by atoms with van der Waals surface area (Å²) in [6, 6.07) is 0.886. The normalized spacial score (nSPS) is 15.1. The van der Waals surface area contributed by atoms with Gasteiger partial charge >= 0.3 is 0 Å². The number of nitrogens with two attached hydrogens (primary N) is 8. The first kappa shape index (κ1) is 97.3. The van der Waals surface area contributed by atoms with Crippen LogP contribution in [-0.4, -0.2) is 197 Å². The van der Waals surface area contributed by atoms with Crippen molar-refractivity contribution in [1.82, 2.24) is 73.4 Å². The highest BCUT2D eigenvalue weighted by atomic mass is 16.2. The number of rotatable bonds is 57. The van der Waals surface area contributed by atoms with Gasteiger partial charge in [-0.25, -0.2) is 4.98 Å². The number of imidazole rings is 1. The maximum atomic E-state index is 15.1. The predicted octanol–water partition coefficient (Wildman–Crippen LogP) is -0.182. The molecule has 0 aliphatic rings. The van der Waals surface area contributed by atoms with Crippen molar-refractivity contribution in [2.45, 2.75) is 263 Å². The molecule has 115 heavy (non-hydrogen) atoms. The van der Waals surface area contributed by atoms with Gasteiger partial charge in [-0.05, 0) is 163 Å². The molecule has 0 radical (unpaired) electrons. The number of fused-ring (bicyclic) bond motifs is 1. The molecule has 4 rings (SSSR count). The number of benzene rings is 2. The number of nitrogens with one attached hydrogen (secondary N) is 13. The van der Waals surface area contributed by atoms with Gasteiger partial charge < -0.3 is 114 Å². The smallest absolute Gasteiger partial charge is 0.243 e. The zero-order valence-electron chi connectivity index (χ0n) is 68.5. The maximum Gasteiger partial charge on any atom is 0.243 e. The molecule has 0 aliphatic carbocycles. The number of amides is 12. The Bertz CT molecular complexity index is 3710. The standard InChI is InChI=1S/C80H133N23O12/c1-9-49(7)66(68(86)104)102-79(115)67(50(8)10-2)103-73(109)59(32-19-23-37-84)96-77(113)64(42-52-44-91-56-29-15-14-27-54(52)56)100-71(107)58(31-18-22-36-83)94-74(110)62(40-48(5)6)98-78(114)65(43-53-45-89-46-92-53)101-72(108)60(33-24-38-90-80(87)88)93-70(106)57(30-17-21-35-82)95-76(112)63(41-51-25-12-11-13-26-51)99-75(111)61(39-47(3)4)97-69(105)55(85)28-16-20-34-81/h11-15,25-27,29,44-50,55,57-67,91H,9-10,16-24,28,30-43,81-85H2,1-8H3,(H2,86,104)(H,89,92)(H,93,106)(H,94,110)(H,95,112)(H,96,113)(H,97,105)(H,98,114)(H,99,111)(H,100,107)(H,101,108)(H,102,115)(H,103,109)(H4,87,88,90)/t49-,50-,55-,57-,58-,59-,60-,61-,62-,63-,64-,65-,66-,67-/m0/s1. The van der Waals surface area contributed by atoms with Gasteiger partial charge in [0.15, 0.2) is 5.96 Å². The van der Waals surface area contributed by atoms with E-state index in [1.54, 1.807) is 50.4 Å². The van der Waals surface area contributed by atoms with Crippen LogP contribution in [0.25, 0.3) is 10.9 Å². The molecule has 12 amide bonds. The molecule has 640 valence electrons. The average molecular weight is 1610 g/mol. The van der Waals surface area contributed by atoms with Crippen molar-refractivity contribution in [3.63, 3.8) is 0 Å². The van der Waals surface area contributed by atoms with Gasteiger partial charge in [-0.15, -0.1) is 0 Å². The molecule has 2 aromatic heterocycles. The van der Waals surface area contributed by atoms with Crippen molar-refractivity contribution in [3.8, 4) is 0 Å². The van der Waals surface area contributed by atoms with Crippen molar-refractivity contribution in [1.29, 1.82) is 0 Å². The molecule has 0 spiro atoms. The van der Waals surface area contributed by atoms with E-state index in [2.05, 4.69) is 78.4 Å². The van der Waals surface area contributed by atoms with Crippen LogP contribution in [0.5, 0.6) is 0 Å². The summed E-state index contributed by atoms with van der Waals surface area (Å²) in [6.07, 6.45) is 9.19. The lowest BCUT2D eigenvalue weighted by molar-refractivity contribution is -0.136. The van der Waals surface area contributed by atoms with Gasteiger partial charge in [-0.2, -0.15) is 0 Å². The van der Waals surface area contributed by atoms with Crippen molar-refractivity contribution < 1.29 is 57.5 Å². The Hall–Kier alpha value is -10.1. The molecule has 0 unspecified atom stereocenters. The van der Waals surface area contributed by atoms with Crippen LogP contribution in [0.2, 0.25) is 0 Å². The van der Waals surface area contributed by atoms with E-state index in [-0.39, 0.29) is 114 Å². The largest absolute Gasteiger partial charge is 0.370 e. The van der Waals surface area contributed by atoms with E-state index in [1.165, 1.54) is 12.5 Å². The van der Waals surface area contributed by atoms with Crippen LogP contribution in [0.3, 0.4) is 0 Å². The Morgan fingerprint density at radius 2 is 0.791 bits per heavy atom. The number of aliphatic imine (C=N–C) groups is 1. The Labute approximate surface area is 675 Å². The molecular formula is C80H133N23O12. The number of guanidine groups is 1. The summed E-state index contributed by atoms with van der Waals surface area (Å²) < 4.78 is 0. The fraction of sp³-hybridized carbons (Fsp3) is 0.625. The van der Waals surface area contributed by atoms with Gasteiger partial charge in [-0.1, -0.05) is 123 Å². The first-order valence-electron chi connectivity index (χ1n) is 40.7. The summed E-state index contributed by atoms with van der Waals surface area (Å²) in [5.74, 6) is -10.4. The first-order chi connectivity index (χ1) is 54.9. The number of para-hydroxylation sites is 1. The molecule has 0 fully saturated rings. The zero-order chi connectivity index (χ0) is 85.1. The van der Waals surface area contributed by atoms with Crippen LogP contribution < -0.4 is 104 Å². The van der Waals surface area contributed by atoms with Crippen LogP contribution >= 0.6 is 0 Å². The van der Waals surface area contributed by atoms with Crippen LogP contribution in [0.15, 0.2) is 78.3 Å². The minimum absolute atomic E-state index is 0.000954. The quantitative estimate of drug-likeness (QED) is 0.0155. The molecule has 14 atom stereocenters. The first-order valence-corrected chi connectivity index (χ1v) is 40.7. The summed E-state index contributed by atoms with van der Waals surface area (Å²) >= 11 is 0. The summed E-state index contributed by atoms with van der Waals surface area (Å²) in [5, 5.41) is 31.7. The van der Waals surface area contributed by atoms with Crippen molar-refractivity contribution in [2.24, 2.45) is 74.5 Å². The number of hydrogen-bond donors (Lipinski definition) is 21. The molecule has 29 N–H and O–H groups in total. The molecule has 0 saturated heterocycles. The summed E-state index contributed by atoms with van der Waals surface area (Å²) in [6.45, 7) is 15.7. The van der Waals surface area contributed by atoms with E-state index in [4.69, 9.17) is 45.9 Å². The number of primary amides is 1. The van der Waals surface area contributed by atoms with Gasteiger partial charge in [0.2, 0.25) is 70.9 Å². The minimum Gasteiger partial charge on any atom is -0.370 e. The average Bonchev–Trinajstić information content (AvgIpc) is 1.48. The molecule has 4 aromatic rings. The minimum atomic E-state index is -1.50. The SMILES string of the molecule is CC[C@H](C)[C@H](NC(=O)[C@@H](NC(=O)[C@H](CCCCN)NC(=O)[C@H](Cc1c[nH]c2ccccc12)NC(=O)[C@H](CCCCN)NC(=O)[C@H](CC(C)C)NC(=O)[C@H](Cc1cnc[nH]1)NC(=O)[C@H](CCCN=C(N)N)NC(=O)[C@H](CCCCN)NC(=O)[C@H](Cc1ccccc1)NC(=O)[C@H](CC(C)C)NC(=O)[C@@H](N)CCCCN)[C@@H](C)CC)C(N)=O. The predicted molar refractivity (Wildman–Crippen MR) is 442 cm³/mol. The molecule has 0 saturated carbocycles.